The van der Waals surface area contributed by atoms with Crippen molar-refractivity contribution >= 4 is 6.21 Å². The van der Waals surface area contributed by atoms with Crippen LogP contribution in [0.2, 0.25) is 0 Å². The molecule has 7 heteroatoms. The van der Waals surface area contributed by atoms with Gasteiger partial charge in [0.25, 0.3) is 0 Å². The molecule has 0 aromatic heterocycles. The summed E-state index contributed by atoms with van der Waals surface area (Å²) in [7, 11) is 1.53. The largest absolute Gasteiger partial charge is 0.573 e. The van der Waals surface area contributed by atoms with Gasteiger partial charge in [-0.2, -0.15) is 0 Å². The Morgan fingerprint density at radius 2 is 1.87 bits per heavy atom. The van der Waals surface area contributed by atoms with Crippen molar-refractivity contribution in [2.24, 2.45) is 5.16 Å². The van der Waals surface area contributed by atoms with Crippen molar-refractivity contribution in [3.05, 3.63) is 59.7 Å². The molecule has 0 unspecified atom stereocenters. The van der Waals surface area contributed by atoms with Crippen molar-refractivity contribution in [2.75, 3.05) is 7.11 Å². The van der Waals surface area contributed by atoms with Crippen molar-refractivity contribution in [1.29, 1.82) is 0 Å². The molecule has 0 atom stereocenters. The lowest BCUT2D eigenvalue weighted by atomic mass is 10.2. The molecular formula is C16H13F3NO3. The third-order valence-corrected chi connectivity index (χ3v) is 2.73. The van der Waals surface area contributed by atoms with Crippen molar-refractivity contribution in [1.82, 2.24) is 0 Å². The van der Waals surface area contributed by atoms with E-state index in [9.17, 15) is 13.2 Å². The molecule has 0 N–H and O–H groups in total. The molecule has 0 aliphatic heterocycles. The molecule has 2 aromatic rings. The maximum atomic E-state index is 12.3. The summed E-state index contributed by atoms with van der Waals surface area (Å²) in [5.74, 6) is 0.311. The van der Waals surface area contributed by atoms with Gasteiger partial charge < -0.3 is 14.3 Å². The summed E-state index contributed by atoms with van der Waals surface area (Å²) in [5.41, 5.74) is 0.838. The first-order valence-electron chi connectivity index (χ1n) is 6.53. The quantitative estimate of drug-likeness (QED) is 0.595. The van der Waals surface area contributed by atoms with Crippen molar-refractivity contribution in [3.8, 4) is 11.5 Å². The lowest BCUT2D eigenvalue weighted by Crippen LogP contribution is -2.18. The highest BCUT2D eigenvalue weighted by atomic mass is 19.4. The number of benzene rings is 2. The minimum atomic E-state index is -4.76. The minimum absolute atomic E-state index is 0.177. The van der Waals surface area contributed by atoms with Gasteiger partial charge in [-0.3, -0.25) is 0 Å². The summed E-state index contributed by atoms with van der Waals surface area (Å²) in [4.78, 5) is 4.98. The number of rotatable bonds is 6. The lowest BCUT2D eigenvalue weighted by Gasteiger charge is -2.12. The van der Waals surface area contributed by atoms with E-state index >= 15 is 0 Å². The van der Waals surface area contributed by atoms with Crippen molar-refractivity contribution in [3.63, 3.8) is 0 Å². The van der Waals surface area contributed by atoms with Crippen LogP contribution in [-0.2, 0) is 11.4 Å². The van der Waals surface area contributed by atoms with E-state index in [4.69, 9.17) is 9.57 Å². The first-order valence-corrected chi connectivity index (χ1v) is 6.53. The summed E-state index contributed by atoms with van der Waals surface area (Å²) in [5, 5.41) is 3.61. The topological polar surface area (TPSA) is 40.0 Å². The highest BCUT2D eigenvalue weighted by Gasteiger charge is 2.32. The predicted molar refractivity (Wildman–Crippen MR) is 77.4 cm³/mol. The van der Waals surface area contributed by atoms with Gasteiger partial charge in [-0.15, -0.1) is 13.2 Å². The Morgan fingerprint density at radius 3 is 2.61 bits per heavy atom. The van der Waals surface area contributed by atoms with Crippen LogP contribution < -0.4 is 9.47 Å². The Kier molecular flexibility index (Phi) is 5.46. The summed E-state index contributed by atoms with van der Waals surface area (Å²) in [6.45, 7) is -0.177. The van der Waals surface area contributed by atoms with Crippen LogP contribution in [-0.4, -0.2) is 19.7 Å². The summed E-state index contributed by atoms with van der Waals surface area (Å²) in [6.07, 6.45) is -2.14. The van der Waals surface area contributed by atoms with Crippen LogP contribution in [0.1, 0.15) is 11.1 Å². The normalized spacial score (nSPS) is 11.5. The van der Waals surface area contributed by atoms with E-state index in [0.717, 1.165) is 0 Å². The molecule has 1 radical (unpaired) electrons. The maximum Gasteiger partial charge on any atom is 0.573 e. The van der Waals surface area contributed by atoms with Crippen LogP contribution in [0.15, 0.2) is 53.7 Å². The summed E-state index contributed by atoms with van der Waals surface area (Å²) < 4.78 is 45.8. The molecule has 0 aliphatic rings. The Morgan fingerprint density at radius 1 is 1.09 bits per heavy atom. The fourth-order valence-corrected chi connectivity index (χ4v) is 1.73. The van der Waals surface area contributed by atoms with Gasteiger partial charge in [-0.05, 0) is 18.2 Å². The third kappa shape index (κ3) is 5.54. The molecule has 0 saturated heterocycles. The molecule has 0 aliphatic carbocycles. The molecular weight excluding hydrogens is 311 g/mol. The first kappa shape index (κ1) is 16.7. The SMILES string of the molecule is COc1cccc(/[C]=N\OCc2ccccc2OC(F)(F)F)c1. The molecule has 0 saturated carbocycles. The van der Waals surface area contributed by atoms with Gasteiger partial charge in [0.05, 0.1) is 7.11 Å². The molecule has 0 bridgehead atoms. The monoisotopic (exact) mass is 324 g/mol. The highest BCUT2D eigenvalue weighted by Crippen LogP contribution is 2.26. The second-order valence-electron chi connectivity index (χ2n) is 4.36. The number of alkyl halides is 3. The molecule has 23 heavy (non-hydrogen) atoms. The van der Waals surface area contributed by atoms with Crippen LogP contribution in [0.5, 0.6) is 11.5 Å². The van der Waals surface area contributed by atoms with Crippen LogP contribution in [0.25, 0.3) is 0 Å². The average Bonchev–Trinajstić information content (AvgIpc) is 2.52. The van der Waals surface area contributed by atoms with E-state index in [1.54, 1.807) is 30.3 Å². The van der Waals surface area contributed by atoms with Gasteiger partial charge in [0.1, 0.15) is 24.3 Å². The number of halogens is 3. The fraction of sp³-hybridized carbons (Fsp3) is 0.188. The van der Waals surface area contributed by atoms with Gasteiger partial charge in [0.2, 0.25) is 0 Å². The fourth-order valence-electron chi connectivity index (χ4n) is 1.73. The number of hydrogen-bond acceptors (Lipinski definition) is 4. The highest BCUT2D eigenvalue weighted by molar-refractivity contribution is 5.79. The van der Waals surface area contributed by atoms with E-state index in [0.29, 0.717) is 11.3 Å². The van der Waals surface area contributed by atoms with Crippen LogP contribution >= 0.6 is 0 Å². The number of nitrogens with zero attached hydrogens (tertiary/aromatic N) is 1. The standard InChI is InChI=1S/C16H13F3NO3/c1-21-14-7-4-5-12(9-14)10-20-22-11-13-6-2-3-8-15(13)23-16(17,18)19/h2-9H,11H2,1H3. The zero-order valence-corrected chi connectivity index (χ0v) is 12.1. The predicted octanol–water partition coefficient (Wildman–Crippen LogP) is 4.02. The Labute approximate surface area is 131 Å². The molecule has 2 rings (SSSR count). The van der Waals surface area contributed by atoms with Gasteiger partial charge in [0, 0.05) is 11.1 Å². The molecule has 4 nitrogen and oxygen atoms in total. The second kappa shape index (κ2) is 7.53. The van der Waals surface area contributed by atoms with E-state index < -0.39 is 6.36 Å². The first-order chi connectivity index (χ1) is 11.0. The number of para-hydroxylation sites is 1. The summed E-state index contributed by atoms with van der Waals surface area (Å²) in [6, 6.07) is 12.6. The number of methoxy groups -OCH3 is 1. The molecule has 0 heterocycles. The lowest BCUT2D eigenvalue weighted by molar-refractivity contribution is -0.275. The summed E-state index contributed by atoms with van der Waals surface area (Å²) >= 11 is 0. The molecule has 121 valence electrons. The molecule has 2 aromatic carbocycles. The van der Waals surface area contributed by atoms with E-state index in [-0.39, 0.29) is 17.9 Å². The van der Waals surface area contributed by atoms with Gasteiger partial charge in [-0.25, -0.2) is 0 Å². The van der Waals surface area contributed by atoms with Gasteiger partial charge in [0.15, 0.2) is 0 Å². The minimum Gasteiger partial charge on any atom is -0.497 e. The average molecular weight is 324 g/mol. The number of hydrogen-bond donors (Lipinski definition) is 0. The molecule has 0 spiro atoms. The Hall–Kier alpha value is -2.70. The van der Waals surface area contributed by atoms with Gasteiger partial charge >= 0.3 is 6.36 Å². The van der Waals surface area contributed by atoms with Gasteiger partial charge in [-0.1, -0.05) is 35.5 Å². The van der Waals surface area contributed by atoms with Crippen LogP contribution in [0, 0.1) is 0 Å². The van der Waals surface area contributed by atoms with Crippen LogP contribution in [0.4, 0.5) is 13.2 Å². The van der Waals surface area contributed by atoms with Crippen molar-refractivity contribution < 1.29 is 27.5 Å². The van der Waals surface area contributed by atoms with E-state index in [2.05, 4.69) is 16.1 Å². The smallest absolute Gasteiger partial charge is 0.497 e. The third-order valence-electron chi connectivity index (χ3n) is 2.73. The Balaban J connectivity index is 1.97. The second-order valence-corrected chi connectivity index (χ2v) is 4.36. The van der Waals surface area contributed by atoms with E-state index in [1.165, 1.54) is 25.3 Å². The van der Waals surface area contributed by atoms with E-state index in [1.807, 2.05) is 0 Å². The molecule has 0 amide bonds. The van der Waals surface area contributed by atoms with Crippen molar-refractivity contribution in [2.45, 2.75) is 13.0 Å². The number of ether oxygens (including phenoxy) is 2. The zero-order chi connectivity index (χ0) is 16.7. The Bertz CT molecular complexity index is 672. The molecule has 0 fully saturated rings. The van der Waals surface area contributed by atoms with Crippen LogP contribution in [0.3, 0.4) is 0 Å². The maximum absolute atomic E-state index is 12.3. The zero-order valence-electron chi connectivity index (χ0n) is 12.1.